The molecule has 0 unspecified atom stereocenters. The third-order valence-corrected chi connectivity index (χ3v) is 4.90. The Morgan fingerprint density at radius 1 is 1.45 bits per heavy atom. The van der Waals surface area contributed by atoms with Gasteiger partial charge in [-0.15, -0.1) is 0 Å². The molecule has 4 heteroatoms. The van der Waals surface area contributed by atoms with Gasteiger partial charge < -0.3 is 11.1 Å². The van der Waals surface area contributed by atoms with Crippen LogP contribution in [0, 0.1) is 5.41 Å². The van der Waals surface area contributed by atoms with Crippen LogP contribution in [-0.4, -0.2) is 16.5 Å². The summed E-state index contributed by atoms with van der Waals surface area (Å²) in [5.74, 6) is 0.903. The molecule has 1 heterocycles. The molecule has 1 saturated carbocycles. The normalized spacial score (nSPS) is 18.6. The third kappa shape index (κ3) is 2.66. The van der Waals surface area contributed by atoms with Crippen molar-refractivity contribution in [3.05, 3.63) is 22.9 Å². The zero-order valence-corrected chi connectivity index (χ0v) is 13.0. The van der Waals surface area contributed by atoms with Crippen molar-refractivity contribution in [2.24, 2.45) is 11.1 Å². The lowest BCUT2D eigenvalue weighted by atomic mass is 10.0. The number of aromatic nitrogens is 1. The first-order valence-corrected chi connectivity index (χ1v) is 8.11. The second kappa shape index (κ2) is 5.32. The van der Waals surface area contributed by atoms with E-state index in [1.54, 1.807) is 0 Å². The van der Waals surface area contributed by atoms with Gasteiger partial charge in [-0.25, -0.2) is 4.98 Å². The van der Waals surface area contributed by atoms with Gasteiger partial charge in [0.05, 0.1) is 5.56 Å². The van der Waals surface area contributed by atoms with Gasteiger partial charge in [-0.1, -0.05) is 25.6 Å². The van der Waals surface area contributed by atoms with Gasteiger partial charge in [0.25, 0.3) is 0 Å². The zero-order valence-electron chi connectivity index (χ0n) is 12.2. The zero-order chi connectivity index (χ0) is 14.2. The Morgan fingerprint density at radius 3 is 2.90 bits per heavy atom. The van der Waals surface area contributed by atoms with E-state index >= 15 is 0 Å². The molecule has 108 valence electrons. The van der Waals surface area contributed by atoms with E-state index in [-0.39, 0.29) is 0 Å². The number of pyridine rings is 1. The molecule has 0 atom stereocenters. The minimum Gasteiger partial charge on any atom is -0.389 e. The molecule has 3 N–H and O–H groups in total. The van der Waals surface area contributed by atoms with E-state index in [0.29, 0.717) is 10.4 Å². The van der Waals surface area contributed by atoms with Crippen molar-refractivity contribution >= 4 is 23.0 Å². The van der Waals surface area contributed by atoms with Crippen LogP contribution < -0.4 is 11.1 Å². The van der Waals surface area contributed by atoms with E-state index in [0.717, 1.165) is 30.8 Å². The summed E-state index contributed by atoms with van der Waals surface area (Å²) >= 11 is 5.19. The summed E-state index contributed by atoms with van der Waals surface area (Å²) in [4.78, 5) is 5.24. The molecule has 1 aromatic heterocycles. The Labute approximate surface area is 126 Å². The fraction of sp³-hybridized carbons (Fsp3) is 0.625. The van der Waals surface area contributed by atoms with Gasteiger partial charge >= 0.3 is 0 Å². The standard InChI is InChI=1S/C16H23N3S/c1-2-6-16(7-8-16)10-18-15-12(14(17)20)9-11-4-3-5-13(11)19-15/h9H,2-8,10H2,1H3,(H2,17,20)(H,18,19). The average molecular weight is 289 g/mol. The van der Waals surface area contributed by atoms with E-state index in [2.05, 4.69) is 18.3 Å². The maximum atomic E-state index is 5.87. The topological polar surface area (TPSA) is 50.9 Å². The number of anilines is 1. The SMILES string of the molecule is CCCC1(CNc2nc3c(cc2C(N)=S)CCC3)CC1. The fourth-order valence-electron chi connectivity index (χ4n) is 3.29. The van der Waals surface area contributed by atoms with Crippen LogP contribution in [0.4, 0.5) is 5.82 Å². The molecule has 2 aliphatic rings. The first-order chi connectivity index (χ1) is 9.63. The van der Waals surface area contributed by atoms with Gasteiger partial charge in [-0.05, 0) is 55.6 Å². The Hall–Kier alpha value is -1.16. The molecule has 1 fully saturated rings. The van der Waals surface area contributed by atoms with Gasteiger partial charge in [0.1, 0.15) is 10.8 Å². The molecule has 20 heavy (non-hydrogen) atoms. The minimum absolute atomic E-state index is 0.454. The molecule has 0 aromatic carbocycles. The van der Waals surface area contributed by atoms with Crippen molar-refractivity contribution in [3.63, 3.8) is 0 Å². The second-order valence-electron chi connectivity index (χ2n) is 6.31. The van der Waals surface area contributed by atoms with Crippen LogP contribution in [0.25, 0.3) is 0 Å². The lowest BCUT2D eigenvalue weighted by Crippen LogP contribution is -2.20. The average Bonchev–Trinajstić information content (AvgIpc) is 3.03. The third-order valence-electron chi connectivity index (χ3n) is 4.68. The van der Waals surface area contributed by atoms with Crippen LogP contribution in [0.2, 0.25) is 0 Å². The number of fused-ring (bicyclic) bond motifs is 1. The van der Waals surface area contributed by atoms with Crippen LogP contribution in [0.5, 0.6) is 0 Å². The smallest absolute Gasteiger partial charge is 0.136 e. The Balaban J connectivity index is 1.79. The highest BCUT2D eigenvalue weighted by molar-refractivity contribution is 7.80. The summed E-state index contributed by atoms with van der Waals surface area (Å²) in [6, 6.07) is 2.15. The fourth-order valence-corrected chi connectivity index (χ4v) is 3.44. The van der Waals surface area contributed by atoms with Crippen molar-refractivity contribution in [2.75, 3.05) is 11.9 Å². The number of thiocarbonyl (C=S) groups is 1. The molecule has 0 radical (unpaired) electrons. The monoisotopic (exact) mass is 289 g/mol. The second-order valence-corrected chi connectivity index (χ2v) is 6.75. The van der Waals surface area contributed by atoms with Gasteiger partial charge in [-0.3, -0.25) is 0 Å². The maximum absolute atomic E-state index is 5.87. The van der Waals surface area contributed by atoms with Crippen LogP contribution in [0.15, 0.2) is 6.07 Å². The number of nitrogens with zero attached hydrogens (tertiary/aromatic N) is 1. The number of hydrogen-bond donors (Lipinski definition) is 2. The quantitative estimate of drug-likeness (QED) is 0.790. The molecule has 2 aliphatic carbocycles. The van der Waals surface area contributed by atoms with Gasteiger partial charge in [0.15, 0.2) is 0 Å². The van der Waals surface area contributed by atoms with Crippen molar-refractivity contribution in [2.45, 2.75) is 51.9 Å². The summed E-state index contributed by atoms with van der Waals surface area (Å²) in [5, 5.41) is 3.53. The Morgan fingerprint density at radius 2 is 2.25 bits per heavy atom. The molecule has 0 saturated heterocycles. The highest BCUT2D eigenvalue weighted by Gasteiger charge is 2.41. The Kier molecular flexibility index (Phi) is 3.67. The minimum atomic E-state index is 0.454. The first-order valence-electron chi connectivity index (χ1n) is 7.70. The van der Waals surface area contributed by atoms with Crippen molar-refractivity contribution in [1.29, 1.82) is 0 Å². The van der Waals surface area contributed by atoms with Gasteiger partial charge in [-0.2, -0.15) is 0 Å². The van der Waals surface area contributed by atoms with Crippen LogP contribution in [0.3, 0.4) is 0 Å². The van der Waals surface area contributed by atoms with E-state index in [4.69, 9.17) is 22.9 Å². The van der Waals surface area contributed by atoms with Crippen molar-refractivity contribution in [1.82, 2.24) is 4.98 Å². The summed E-state index contributed by atoms with van der Waals surface area (Å²) in [6.45, 7) is 3.26. The van der Waals surface area contributed by atoms with Gasteiger partial charge in [0, 0.05) is 12.2 Å². The molecular weight excluding hydrogens is 266 g/mol. The van der Waals surface area contributed by atoms with E-state index in [1.165, 1.54) is 43.4 Å². The molecule has 0 amide bonds. The number of rotatable bonds is 6. The lowest BCUT2D eigenvalue weighted by Gasteiger charge is -2.18. The highest BCUT2D eigenvalue weighted by atomic mass is 32.1. The number of nitrogens with two attached hydrogens (primary N) is 1. The molecule has 0 spiro atoms. The highest BCUT2D eigenvalue weighted by Crippen LogP contribution is 2.49. The first kappa shape index (κ1) is 13.8. The summed E-state index contributed by atoms with van der Waals surface area (Å²) in [7, 11) is 0. The predicted octanol–water partition coefficient (Wildman–Crippen LogP) is 3.20. The van der Waals surface area contributed by atoms with Gasteiger partial charge in [0.2, 0.25) is 0 Å². The van der Waals surface area contributed by atoms with Crippen LogP contribution in [0.1, 0.15) is 55.8 Å². The van der Waals surface area contributed by atoms with E-state index in [1.807, 2.05) is 0 Å². The molecule has 3 nitrogen and oxygen atoms in total. The number of aryl methyl sites for hydroxylation is 2. The van der Waals surface area contributed by atoms with Crippen molar-refractivity contribution in [3.8, 4) is 0 Å². The summed E-state index contributed by atoms with van der Waals surface area (Å²) in [5.41, 5.74) is 9.86. The molecular formula is C16H23N3S. The molecule has 0 aliphatic heterocycles. The predicted molar refractivity (Wildman–Crippen MR) is 87.2 cm³/mol. The summed E-state index contributed by atoms with van der Waals surface area (Å²) < 4.78 is 0. The van der Waals surface area contributed by atoms with E-state index < -0.39 is 0 Å². The largest absolute Gasteiger partial charge is 0.389 e. The molecule has 0 bridgehead atoms. The van der Waals surface area contributed by atoms with Crippen LogP contribution in [-0.2, 0) is 12.8 Å². The lowest BCUT2D eigenvalue weighted by molar-refractivity contribution is 0.485. The van der Waals surface area contributed by atoms with Crippen LogP contribution >= 0.6 is 12.2 Å². The molecule has 1 aromatic rings. The van der Waals surface area contributed by atoms with E-state index in [9.17, 15) is 0 Å². The maximum Gasteiger partial charge on any atom is 0.136 e. The summed E-state index contributed by atoms with van der Waals surface area (Å²) in [6.07, 6.45) is 8.61. The Bertz CT molecular complexity index is 535. The number of nitrogens with one attached hydrogen (secondary N) is 1. The van der Waals surface area contributed by atoms with Crippen molar-refractivity contribution < 1.29 is 0 Å². The molecule has 3 rings (SSSR count). The number of hydrogen-bond acceptors (Lipinski definition) is 3.